The Labute approximate surface area is 71.2 Å². The van der Waals surface area contributed by atoms with Gasteiger partial charge in [-0.15, -0.1) is 0 Å². The number of hydrogen-bond donors (Lipinski definition) is 2. The zero-order valence-electron chi connectivity index (χ0n) is 6.68. The first kappa shape index (κ1) is 9.19. The van der Waals surface area contributed by atoms with Crippen molar-refractivity contribution in [2.75, 3.05) is 6.61 Å². The second-order valence-electron chi connectivity index (χ2n) is 2.43. The third-order valence-electron chi connectivity index (χ3n) is 1.50. The Morgan fingerprint density at radius 2 is 1.83 bits per heavy atom. The van der Waals surface area contributed by atoms with Gasteiger partial charge < -0.3 is 14.9 Å². The molecule has 0 aromatic heterocycles. The molecular formula is C9H12O3. The van der Waals surface area contributed by atoms with Crippen LogP contribution in [0.3, 0.4) is 0 Å². The van der Waals surface area contributed by atoms with E-state index in [4.69, 9.17) is 10.2 Å². The summed E-state index contributed by atoms with van der Waals surface area (Å²) >= 11 is 0. The quantitative estimate of drug-likeness (QED) is 0.644. The van der Waals surface area contributed by atoms with Crippen molar-refractivity contribution < 1.29 is 14.9 Å². The fourth-order valence-electron chi connectivity index (χ4n) is 0.927. The van der Waals surface area contributed by atoms with Crippen molar-refractivity contribution in [2.45, 2.75) is 12.9 Å². The molecule has 0 saturated carbocycles. The maximum absolute atomic E-state index is 8.36. The molecule has 0 unspecified atom stereocenters. The van der Waals surface area contributed by atoms with Crippen LogP contribution in [0.4, 0.5) is 0 Å². The van der Waals surface area contributed by atoms with Crippen LogP contribution in [-0.2, 0) is 11.2 Å². The molecule has 0 spiro atoms. The molecule has 1 aromatic carbocycles. The second-order valence-corrected chi connectivity index (χ2v) is 2.43. The van der Waals surface area contributed by atoms with Crippen molar-refractivity contribution in [1.82, 2.24) is 0 Å². The van der Waals surface area contributed by atoms with Gasteiger partial charge in [-0.1, -0.05) is 30.3 Å². The Balaban J connectivity index is 2.25. The Hall–Kier alpha value is -0.900. The number of aliphatic hydroxyl groups is 2. The summed E-state index contributed by atoms with van der Waals surface area (Å²) in [5.41, 5.74) is 1.12. The predicted molar refractivity (Wildman–Crippen MR) is 44.3 cm³/mol. The molecule has 0 saturated heterocycles. The number of ether oxygens (including phenoxy) is 1. The minimum absolute atomic E-state index is 0.321. The maximum atomic E-state index is 8.36. The van der Waals surface area contributed by atoms with Gasteiger partial charge in [0.15, 0.2) is 0 Å². The second kappa shape index (κ2) is 4.87. The third kappa shape index (κ3) is 3.48. The van der Waals surface area contributed by atoms with Crippen molar-refractivity contribution in [3.8, 4) is 0 Å². The summed E-state index contributed by atoms with van der Waals surface area (Å²) in [6.45, 7) is -1.34. The van der Waals surface area contributed by atoms with Crippen molar-refractivity contribution in [3.05, 3.63) is 35.9 Å². The van der Waals surface area contributed by atoms with E-state index < -0.39 is 6.48 Å². The minimum Gasteiger partial charge on any atom is -0.346 e. The molecule has 0 atom stereocenters. The highest BCUT2D eigenvalue weighted by Crippen LogP contribution is 1.99. The highest BCUT2D eigenvalue weighted by Gasteiger charge is 1.96. The summed E-state index contributed by atoms with van der Waals surface area (Å²) in [5.74, 6) is 0. The van der Waals surface area contributed by atoms with Gasteiger partial charge in [-0.2, -0.15) is 0 Å². The van der Waals surface area contributed by atoms with Crippen molar-refractivity contribution in [2.24, 2.45) is 0 Å². The number of aliphatic hydroxyl groups excluding tert-OH is 1. The van der Waals surface area contributed by atoms with Crippen LogP contribution in [0.25, 0.3) is 0 Å². The largest absolute Gasteiger partial charge is 0.346 e. The van der Waals surface area contributed by atoms with Gasteiger partial charge in [0.25, 0.3) is 6.48 Å². The van der Waals surface area contributed by atoms with Gasteiger partial charge in [0.1, 0.15) is 0 Å². The van der Waals surface area contributed by atoms with Crippen LogP contribution < -0.4 is 0 Å². The van der Waals surface area contributed by atoms with Gasteiger partial charge in [0.05, 0.1) is 6.61 Å². The lowest BCUT2D eigenvalue weighted by Crippen LogP contribution is -2.12. The summed E-state index contributed by atoms with van der Waals surface area (Å²) in [7, 11) is 0. The highest BCUT2D eigenvalue weighted by atomic mass is 16.7. The first-order chi connectivity index (χ1) is 5.79. The Morgan fingerprint density at radius 3 is 2.42 bits per heavy atom. The summed E-state index contributed by atoms with van der Waals surface area (Å²) in [4.78, 5) is 0. The van der Waals surface area contributed by atoms with E-state index in [0.717, 1.165) is 5.56 Å². The van der Waals surface area contributed by atoms with Gasteiger partial charge >= 0.3 is 0 Å². The lowest BCUT2D eigenvalue weighted by Gasteiger charge is -2.04. The Bertz CT molecular complexity index is 208. The normalized spacial score (nSPS) is 10.6. The van der Waals surface area contributed by atoms with Crippen molar-refractivity contribution in [3.63, 3.8) is 0 Å². The van der Waals surface area contributed by atoms with Crippen molar-refractivity contribution >= 4 is 0 Å². The van der Waals surface area contributed by atoms with E-state index in [9.17, 15) is 0 Å². The van der Waals surface area contributed by atoms with Gasteiger partial charge in [0, 0.05) is 0 Å². The Morgan fingerprint density at radius 1 is 1.17 bits per heavy atom. The van der Waals surface area contributed by atoms with Crippen LogP contribution in [0.1, 0.15) is 5.56 Å². The van der Waals surface area contributed by atoms with Crippen LogP contribution in [0.15, 0.2) is 30.3 Å². The zero-order valence-corrected chi connectivity index (χ0v) is 6.68. The zero-order chi connectivity index (χ0) is 8.81. The molecular weight excluding hydrogens is 156 g/mol. The van der Waals surface area contributed by atoms with E-state index in [-0.39, 0.29) is 0 Å². The molecule has 0 heterocycles. The monoisotopic (exact) mass is 168 g/mol. The predicted octanol–water partition coefficient (Wildman–Crippen LogP) is 0.514. The van der Waals surface area contributed by atoms with E-state index in [1.165, 1.54) is 0 Å². The molecule has 0 amide bonds. The molecule has 0 aliphatic carbocycles. The van der Waals surface area contributed by atoms with Crippen molar-refractivity contribution in [1.29, 1.82) is 0 Å². The molecule has 66 valence electrons. The van der Waals surface area contributed by atoms with Crippen LogP contribution in [-0.4, -0.2) is 23.3 Å². The van der Waals surface area contributed by atoms with E-state index in [1.54, 1.807) is 0 Å². The molecule has 0 aliphatic heterocycles. The fourth-order valence-corrected chi connectivity index (χ4v) is 0.927. The first-order valence-electron chi connectivity index (χ1n) is 3.81. The van der Waals surface area contributed by atoms with Gasteiger partial charge in [0.2, 0.25) is 0 Å². The summed E-state index contributed by atoms with van der Waals surface area (Å²) in [6, 6.07) is 9.74. The smallest absolute Gasteiger partial charge is 0.266 e. The fraction of sp³-hybridized carbons (Fsp3) is 0.333. The molecule has 0 aliphatic rings. The van der Waals surface area contributed by atoms with Crippen LogP contribution >= 0.6 is 0 Å². The van der Waals surface area contributed by atoms with Gasteiger partial charge in [-0.25, -0.2) is 0 Å². The van der Waals surface area contributed by atoms with Crippen LogP contribution in [0, 0.1) is 0 Å². The Kier molecular flexibility index (Phi) is 3.73. The lowest BCUT2D eigenvalue weighted by atomic mass is 10.2. The topological polar surface area (TPSA) is 49.7 Å². The molecule has 3 nitrogen and oxygen atoms in total. The highest BCUT2D eigenvalue weighted by molar-refractivity contribution is 5.14. The average molecular weight is 168 g/mol. The summed E-state index contributed by atoms with van der Waals surface area (Å²) in [5, 5.41) is 16.7. The minimum atomic E-state index is -1.66. The molecule has 0 radical (unpaired) electrons. The molecule has 0 fully saturated rings. The molecule has 1 aromatic rings. The summed E-state index contributed by atoms with van der Waals surface area (Å²) in [6.07, 6.45) is 0.693. The summed E-state index contributed by atoms with van der Waals surface area (Å²) < 4.78 is 4.56. The first-order valence-corrected chi connectivity index (χ1v) is 3.81. The van der Waals surface area contributed by atoms with E-state index in [2.05, 4.69) is 4.74 Å². The standard InChI is InChI=1S/C9H12O3/c10-9(11)12-7-6-8-4-2-1-3-5-8/h1-5,9-11H,6-7H2. The number of rotatable bonds is 4. The number of hydrogen-bond acceptors (Lipinski definition) is 3. The van der Waals surface area contributed by atoms with Gasteiger partial charge in [-0.05, 0) is 12.0 Å². The number of benzene rings is 1. The molecule has 3 heteroatoms. The van der Waals surface area contributed by atoms with Gasteiger partial charge in [-0.3, -0.25) is 0 Å². The lowest BCUT2D eigenvalue weighted by molar-refractivity contribution is -0.233. The van der Waals surface area contributed by atoms with Crippen LogP contribution in [0.2, 0.25) is 0 Å². The third-order valence-corrected chi connectivity index (χ3v) is 1.50. The average Bonchev–Trinajstić information content (AvgIpc) is 2.05. The molecule has 12 heavy (non-hydrogen) atoms. The molecule has 1 rings (SSSR count). The maximum Gasteiger partial charge on any atom is 0.266 e. The molecule has 2 N–H and O–H groups in total. The molecule has 0 bridgehead atoms. The van der Waals surface area contributed by atoms with E-state index >= 15 is 0 Å². The van der Waals surface area contributed by atoms with E-state index in [1.807, 2.05) is 30.3 Å². The SMILES string of the molecule is OC(O)OCCc1ccccc1. The van der Waals surface area contributed by atoms with Crippen LogP contribution in [0.5, 0.6) is 0 Å². The van der Waals surface area contributed by atoms with E-state index in [0.29, 0.717) is 13.0 Å².